The van der Waals surface area contributed by atoms with Crippen LogP contribution in [0.5, 0.6) is 0 Å². The molecule has 2 spiro atoms. The molecule has 3 N–H and O–H groups in total. The summed E-state index contributed by atoms with van der Waals surface area (Å²) >= 11 is 0. The average molecular weight is 729 g/mol. The Kier molecular flexibility index (Phi) is 17.6. The Bertz CT molecular complexity index is 1120. The summed E-state index contributed by atoms with van der Waals surface area (Å²) in [4.78, 5) is 81.9. The summed E-state index contributed by atoms with van der Waals surface area (Å²) in [6.45, 7) is -3.01. The zero-order chi connectivity index (χ0) is 37.2. The summed E-state index contributed by atoms with van der Waals surface area (Å²) in [5, 5.41) is 34.0. The van der Waals surface area contributed by atoms with Crippen LogP contribution in [0.1, 0.15) is 154 Å². The first-order valence-corrected chi connectivity index (χ1v) is 18.7. The van der Waals surface area contributed by atoms with Gasteiger partial charge in [-0.3, -0.25) is 28.8 Å². The quantitative estimate of drug-likeness (QED) is 0.267. The van der Waals surface area contributed by atoms with Crippen LogP contribution in [-0.4, -0.2) is 82.4 Å². The first-order valence-electron chi connectivity index (χ1n) is 18.7. The number of hydrogen-bond donors (Lipinski definition) is 3. The lowest BCUT2D eigenvalue weighted by Crippen LogP contribution is -2.77. The third-order valence-electron chi connectivity index (χ3n) is 9.63. The Labute approximate surface area is 299 Å². The number of hydrogen-bond acceptors (Lipinski definition) is 15. The first kappa shape index (κ1) is 42.1. The van der Waals surface area contributed by atoms with Gasteiger partial charge in [-0.2, -0.15) is 0 Å². The summed E-state index contributed by atoms with van der Waals surface area (Å²) in [5.74, 6) is -14.1. The predicted octanol–water partition coefficient (Wildman–Crippen LogP) is 4.29. The molecule has 0 amide bonds. The maximum atomic E-state index is 13.8. The van der Waals surface area contributed by atoms with E-state index in [4.69, 9.17) is 28.4 Å². The molecule has 0 aliphatic carbocycles. The molecule has 1 unspecified atom stereocenters. The molecule has 0 aromatic rings. The third-order valence-corrected chi connectivity index (χ3v) is 9.63. The van der Waals surface area contributed by atoms with E-state index >= 15 is 0 Å². The summed E-state index contributed by atoms with van der Waals surface area (Å²) < 4.78 is 34.3. The molecule has 1 atom stereocenters. The minimum Gasteiger partial charge on any atom is -0.435 e. The van der Waals surface area contributed by atoms with Crippen LogP contribution < -0.4 is 0 Å². The van der Waals surface area contributed by atoms with E-state index in [2.05, 4.69) is 0 Å². The smallest absolute Gasteiger partial charge is 0.435 e. The Morgan fingerprint density at radius 1 is 0.412 bits per heavy atom. The number of cyclic esters (lactones) is 1. The van der Waals surface area contributed by atoms with E-state index in [0.29, 0.717) is 51.4 Å². The largest absolute Gasteiger partial charge is 0.507 e. The van der Waals surface area contributed by atoms with Crippen LogP contribution in [0, 0.1) is 5.41 Å². The van der Waals surface area contributed by atoms with E-state index in [1.807, 2.05) is 0 Å². The Morgan fingerprint density at radius 3 is 0.961 bits per heavy atom. The molecule has 15 nitrogen and oxygen atoms in total. The summed E-state index contributed by atoms with van der Waals surface area (Å²) in [6.07, 6.45) is 5.05. The SMILES string of the molecule is O=C1CCCCCCCCC(=O)OC2(OC(=O)CCCCCCCCC(=O)O2)C2(OC(=O)CCCCCCCCC(=O)O2)C(CO)(CO)C(O)O1. The lowest BCUT2D eigenvalue weighted by Gasteiger charge is -2.52. The molecule has 0 aromatic heterocycles. The fourth-order valence-corrected chi connectivity index (χ4v) is 6.55. The zero-order valence-electron chi connectivity index (χ0n) is 29.7. The van der Waals surface area contributed by atoms with Gasteiger partial charge in [-0.15, -0.1) is 0 Å². The van der Waals surface area contributed by atoms with Crippen molar-refractivity contribution in [2.45, 2.75) is 172 Å². The number of carbonyl (C=O) groups excluding carboxylic acids is 6. The van der Waals surface area contributed by atoms with Crippen molar-refractivity contribution in [2.24, 2.45) is 5.41 Å². The van der Waals surface area contributed by atoms with Crippen molar-refractivity contribution < 1.29 is 72.5 Å². The van der Waals surface area contributed by atoms with Crippen LogP contribution in [0.3, 0.4) is 0 Å². The van der Waals surface area contributed by atoms with Gasteiger partial charge >= 0.3 is 47.6 Å². The molecule has 0 bridgehead atoms. The monoisotopic (exact) mass is 728 g/mol. The van der Waals surface area contributed by atoms with Crippen LogP contribution in [0.2, 0.25) is 0 Å². The van der Waals surface area contributed by atoms with E-state index in [0.717, 1.165) is 32.1 Å². The van der Waals surface area contributed by atoms with Gasteiger partial charge in [-0.25, -0.2) is 0 Å². The van der Waals surface area contributed by atoms with E-state index < -0.39 is 72.5 Å². The zero-order valence-corrected chi connectivity index (χ0v) is 29.7. The molecule has 3 rings (SSSR count). The van der Waals surface area contributed by atoms with Crippen LogP contribution in [0.25, 0.3) is 0 Å². The molecule has 3 aliphatic heterocycles. The molecule has 3 fully saturated rings. The van der Waals surface area contributed by atoms with Crippen molar-refractivity contribution in [2.75, 3.05) is 13.2 Å². The molecule has 3 saturated heterocycles. The predicted molar refractivity (Wildman–Crippen MR) is 175 cm³/mol. The van der Waals surface area contributed by atoms with Crippen molar-refractivity contribution >= 4 is 35.8 Å². The van der Waals surface area contributed by atoms with Crippen LogP contribution in [-0.2, 0) is 57.2 Å². The number of esters is 6. The molecular weight excluding hydrogens is 672 g/mol. The maximum absolute atomic E-state index is 13.8. The van der Waals surface area contributed by atoms with Gasteiger partial charge in [-0.05, 0) is 38.5 Å². The molecule has 51 heavy (non-hydrogen) atoms. The maximum Gasteiger partial charge on any atom is 0.507 e. The molecule has 3 aliphatic rings. The lowest BCUT2D eigenvalue weighted by atomic mass is 9.76. The van der Waals surface area contributed by atoms with Gasteiger partial charge in [0.25, 0.3) is 0 Å². The van der Waals surface area contributed by atoms with E-state index in [1.54, 1.807) is 0 Å². The van der Waals surface area contributed by atoms with Crippen LogP contribution in [0.15, 0.2) is 0 Å². The van der Waals surface area contributed by atoms with Gasteiger partial charge in [-0.1, -0.05) is 77.0 Å². The fraction of sp³-hybridized carbons (Fsp3) is 0.833. The molecule has 0 saturated carbocycles. The van der Waals surface area contributed by atoms with Crippen molar-refractivity contribution in [3.8, 4) is 0 Å². The first-order chi connectivity index (χ1) is 24.5. The summed E-state index contributed by atoms with van der Waals surface area (Å²) in [7, 11) is 0. The number of aliphatic hydroxyl groups excluding tert-OH is 3. The average Bonchev–Trinajstić information content (AvgIpc) is 3.10. The number of carbonyl (C=O) groups is 6. The van der Waals surface area contributed by atoms with Gasteiger partial charge in [0, 0.05) is 38.5 Å². The van der Waals surface area contributed by atoms with Gasteiger partial charge < -0.3 is 43.7 Å². The Balaban J connectivity index is 2.42. The van der Waals surface area contributed by atoms with Crippen molar-refractivity contribution in [3.05, 3.63) is 0 Å². The molecule has 3 heterocycles. The second-order valence-electron chi connectivity index (χ2n) is 13.7. The molecular formula is C36H56O15. The molecule has 15 heteroatoms. The van der Waals surface area contributed by atoms with Crippen molar-refractivity contribution in [1.29, 1.82) is 0 Å². The number of aliphatic hydroxyl groups is 3. The highest BCUT2D eigenvalue weighted by Gasteiger charge is 2.81. The van der Waals surface area contributed by atoms with E-state index in [1.165, 1.54) is 0 Å². The second kappa shape index (κ2) is 21.3. The minimum absolute atomic E-state index is 0.194. The van der Waals surface area contributed by atoms with Gasteiger partial charge in [0.15, 0.2) is 5.41 Å². The molecule has 290 valence electrons. The highest BCUT2D eigenvalue weighted by molar-refractivity contribution is 5.76. The minimum atomic E-state index is -3.67. The van der Waals surface area contributed by atoms with Crippen LogP contribution in [0.4, 0.5) is 0 Å². The third kappa shape index (κ3) is 11.9. The Hall–Kier alpha value is -3.30. The van der Waals surface area contributed by atoms with Gasteiger partial charge in [0.05, 0.1) is 13.2 Å². The van der Waals surface area contributed by atoms with Crippen molar-refractivity contribution in [3.63, 3.8) is 0 Å². The lowest BCUT2D eigenvalue weighted by molar-refractivity contribution is -0.484. The Morgan fingerprint density at radius 2 is 0.667 bits per heavy atom. The number of rotatable bonds is 2. The summed E-state index contributed by atoms with van der Waals surface area (Å²) in [5.41, 5.74) is -3.08. The van der Waals surface area contributed by atoms with Gasteiger partial charge in [0.1, 0.15) is 0 Å². The van der Waals surface area contributed by atoms with E-state index in [9.17, 15) is 44.1 Å². The fourth-order valence-electron chi connectivity index (χ4n) is 6.55. The normalized spacial score (nSPS) is 26.1. The number of fused-ring (bicyclic) bond motifs is 1. The summed E-state index contributed by atoms with van der Waals surface area (Å²) in [6, 6.07) is 0. The highest BCUT2D eigenvalue weighted by atomic mass is 16.9. The van der Waals surface area contributed by atoms with Gasteiger partial charge in [0.2, 0.25) is 6.29 Å². The van der Waals surface area contributed by atoms with Crippen LogP contribution >= 0.6 is 0 Å². The standard InChI is InChI=1S/C36H56O15/c37-25-34(26-38)33(45)46-27(39)19-13-7-1-2-10-16-22-30(42)49-36(50-31(43)23-17-11-5-6-12-18-24-32(44)51-36)35(34)47-28(40)20-14-8-3-4-9-15-21-29(41)48-35/h33,37-38,45H,1-26H2. The van der Waals surface area contributed by atoms with E-state index in [-0.39, 0.29) is 70.6 Å². The molecule has 0 radical (unpaired) electrons. The topological polar surface area (TPSA) is 218 Å². The molecule has 0 aromatic carbocycles. The second-order valence-corrected chi connectivity index (χ2v) is 13.7. The highest BCUT2D eigenvalue weighted by Crippen LogP contribution is 2.51. The number of ether oxygens (including phenoxy) is 6. The van der Waals surface area contributed by atoms with Crippen molar-refractivity contribution in [1.82, 2.24) is 0 Å².